The Labute approximate surface area is 109 Å². The Hall–Kier alpha value is -1.22. The molecule has 1 aromatic heterocycles. The van der Waals surface area contributed by atoms with Crippen LogP contribution < -0.4 is 0 Å². The maximum absolute atomic E-state index is 12.5. The number of pyridine rings is 1. The van der Waals surface area contributed by atoms with Gasteiger partial charge in [0.25, 0.3) is 0 Å². The largest absolute Gasteiger partial charge is 0.367 e. The van der Waals surface area contributed by atoms with Gasteiger partial charge in [0.1, 0.15) is 5.60 Å². The maximum Gasteiger partial charge on any atom is 0.168 e. The van der Waals surface area contributed by atoms with Crippen molar-refractivity contribution in [3.63, 3.8) is 0 Å². The highest BCUT2D eigenvalue weighted by atomic mass is 16.5. The monoisotopic (exact) mass is 247 g/mol. The minimum absolute atomic E-state index is 0.232. The van der Waals surface area contributed by atoms with Crippen molar-refractivity contribution in [3.8, 4) is 0 Å². The Bertz CT molecular complexity index is 377. The third kappa shape index (κ3) is 2.96. The van der Waals surface area contributed by atoms with Crippen LogP contribution in [0.15, 0.2) is 24.5 Å². The van der Waals surface area contributed by atoms with Crippen molar-refractivity contribution in [3.05, 3.63) is 30.1 Å². The van der Waals surface area contributed by atoms with E-state index in [9.17, 15) is 4.79 Å². The van der Waals surface area contributed by atoms with E-state index in [-0.39, 0.29) is 5.78 Å². The van der Waals surface area contributed by atoms with Crippen LogP contribution in [0, 0.1) is 0 Å². The topological polar surface area (TPSA) is 39.2 Å². The highest BCUT2D eigenvalue weighted by molar-refractivity contribution is 5.89. The van der Waals surface area contributed by atoms with Gasteiger partial charge in [-0.05, 0) is 37.5 Å². The molecule has 0 aliphatic heterocycles. The van der Waals surface area contributed by atoms with E-state index in [4.69, 9.17) is 4.74 Å². The third-order valence-corrected chi connectivity index (χ3v) is 3.70. The number of Topliss-reactive ketones (excluding diaryl/α,β-unsaturated/α-hetero) is 1. The van der Waals surface area contributed by atoms with Crippen molar-refractivity contribution in [2.45, 2.75) is 51.0 Å². The minimum atomic E-state index is -0.518. The molecule has 1 heterocycles. The number of rotatable bonds is 5. The van der Waals surface area contributed by atoms with Crippen LogP contribution in [0.4, 0.5) is 0 Å². The first kappa shape index (κ1) is 13.2. The van der Waals surface area contributed by atoms with Gasteiger partial charge in [-0.15, -0.1) is 0 Å². The molecule has 0 aromatic carbocycles. The fraction of sp³-hybridized carbons (Fsp3) is 0.600. The second-order valence-electron chi connectivity index (χ2n) is 4.94. The zero-order valence-corrected chi connectivity index (χ0v) is 11.0. The Morgan fingerprint density at radius 2 is 1.94 bits per heavy atom. The van der Waals surface area contributed by atoms with Gasteiger partial charge in [0.05, 0.1) is 0 Å². The first-order chi connectivity index (χ1) is 8.77. The minimum Gasteiger partial charge on any atom is -0.367 e. The lowest BCUT2D eigenvalue weighted by Crippen LogP contribution is -2.44. The summed E-state index contributed by atoms with van der Waals surface area (Å²) in [4.78, 5) is 16.5. The molecule has 0 radical (unpaired) electrons. The molecule has 1 fully saturated rings. The average Bonchev–Trinajstić information content (AvgIpc) is 2.41. The molecule has 0 bridgehead atoms. The van der Waals surface area contributed by atoms with Crippen LogP contribution in [0.5, 0.6) is 0 Å². The van der Waals surface area contributed by atoms with Crippen LogP contribution in [0.3, 0.4) is 0 Å². The van der Waals surface area contributed by atoms with Crippen molar-refractivity contribution in [1.29, 1.82) is 0 Å². The number of ketones is 1. The Kier molecular flexibility index (Phi) is 4.48. The first-order valence-electron chi connectivity index (χ1n) is 6.83. The zero-order chi connectivity index (χ0) is 12.8. The summed E-state index contributed by atoms with van der Waals surface area (Å²) in [5.41, 5.74) is 0.510. The van der Waals surface area contributed by atoms with Crippen LogP contribution in [-0.2, 0) is 16.0 Å². The summed E-state index contributed by atoms with van der Waals surface area (Å²) in [7, 11) is 0. The van der Waals surface area contributed by atoms with Crippen LogP contribution in [0.2, 0.25) is 0 Å². The lowest BCUT2D eigenvalue weighted by Gasteiger charge is -2.35. The van der Waals surface area contributed by atoms with E-state index in [0.29, 0.717) is 13.0 Å². The summed E-state index contributed by atoms with van der Waals surface area (Å²) in [5, 5.41) is 0. The van der Waals surface area contributed by atoms with Gasteiger partial charge < -0.3 is 4.74 Å². The third-order valence-electron chi connectivity index (χ3n) is 3.70. The van der Waals surface area contributed by atoms with Crippen molar-refractivity contribution in [1.82, 2.24) is 4.98 Å². The molecule has 0 spiro atoms. The molecule has 0 unspecified atom stereocenters. The van der Waals surface area contributed by atoms with Gasteiger partial charge in [0.15, 0.2) is 5.78 Å². The van der Waals surface area contributed by atoms with Gasteiger partial charge in [-0.3, -0.25) is 9.78 Å². The standard InChI is InChI=1S/C15H21NO2/c1-2-18-15(8-4-3-5-9-15)14(17)12-13-6-10-16-11-7-13/h6-7,10-11H,2-5,8-9,12H2,1H3. The van der Waals surface area contributed by atoms with E-state index < -0.39 is 5.60 Å². The van der Waals surface area contributed by atoms with Crippen molar-refractivity contribution < 1.29 is 9.53 Å². The quantitative estimate of drug-likeness (QED) is 0.803. The van der Waals surface area contributed by atoms with E-state index in [1.54, 1.807) is 12.4 Å². The molecular weight excluding hydrogens is 226 g/mol. The Balaban J connectivity index is 2.08. The second-order valence-corrected chi connectivity index (χ2v) is 4.94. The van der Waals surface area contributed by atoms with Crippen molar-refractivity contribution in [2.75, 3.05) is 6.61 Å². The summed E-state index contributed by atoms with van der Waals surface area (Å²) in [6, 6.07) is 3.81. The van der Waals surface area contributed by atoms with Crippen LogP contribution in [0.25, 0.3) is 0 Å². The number of aromatic nitrogens is 1. The van der Waals surface area contributed by atoms with E-state index in [1.807, 2.05) is 19.1 Å². The molecular formula is C15H21NO2. The number of carbonyl (C=O) groups excluding carboxylic acids is 1. The molecule has 1 aromatic rings. The average molecular weight is 247 g/mol. The van der Waals surface area contributed by atoms with Gasteiger partial charge in [0.2, 0.25) is 0 Å². The fourth-order valence-corrected chi connectivity index (χ4v) is 2.75. The van der Waals surface area contributed by atoms with Gasteiger partial charge in [0, 0.05) is 25.4 Å². The molecule has 1 aliphatic rings. The highest BCUT2D eigenvalue weighted by Crippen LogP contribution is 2.33. The molecule has 3 heteroatoms. The molecule has 0 atom stereocenters. The van der Waals surface area contributed by atoms with Crippen molar-refractivity contribution >= 4 is 5.78 Å². The smallest absolute Gasteiger partial charge is 0.168 e. The SMILES string of the molecule is CCOC1(C(=O)Cc2ccncc2)CCCCC1. The second kappa shape index (κ2) is 6.10. The highest BCUT2D eigenvalue weighted by Gasteiger charge is 2.39. The van der Waals surface area contributed by atoms with Gasteiger partial charge in [-0.1, -0.05) is 19.3 Å². The molecule has 3 nitrogen and oxygen atoms in total. The van der Waals surface area contributed by atoms with E-state index in [0.717, 1.165) is 31.2 Å². The molecule has 0 N–H and O–H groups in total. The van der Waals surface area contributed by atoms with E-state index in [2.05, 4.69) is 4.98 Å². The summed E-state index contributed by atoms with van der Waals surface area (Å²) in [6.07, 6.45) is 9.10. The molecule has 18 heavy (non-hydrogen) atoms. The summed E-state index contributed by atoms with van der Waals surface area (Å²) < 4.78 is 5.84. The number of ether oxygens (including phenoxy) is 1. The van der Waals surface area contributed by atoms with Crippen LogP contribution in [-0.4, -0.2) is 23.0 Å². The Morgan fingerprint density at radius 1 is 1.28 bits per heavy atom. The maximum atomic E-state index is 12.5. The summed E-state index contributed by atoms with van der Waals surface area (Å²) in [6.45, 7) is 2.58. The first-order valence-corrected chi connectivity index (χ1v) is 6.83. The lowest BCUT2D eigenvalue weighted by molar-refractivity contribution is -0.148. The van der Waals surface area contributed by atoms with Gasteiger partial charge >= 0.3 is 0 Å². The van der Waals surface area contributed by atoms with E-state index in [1.165, 1.54) is 6.42 Å². The number of hydrogen-bond donors (Lipinski definition) is 0. The number of hydrogen-bond acceptors (Lipinski definition) is 3. The number of nitrogens with zero attached hydrogens (tertiary/aromatic N) is 1. The summed E-state index contributed by atoms with van der Waals surface area (Å²) in [5.74, 6) is 0.232. The molecule has 98 valence electrons. The van der Waals surface area contributed by atoms with Gasteiger partial charge in [-0.25, -0.2) is 0 Å². The fourth-order valence-electron chi connectivity index (χ4n) is 2.75. The van der Waals surface area contributed by atoms with Crippen LogP contribution in [0.1, 0.15) is 44.6 Å². The van der Waals surface area contributed by atoms with E-state index >= 15 is 0 Å². The molecule has 1 saturated carbocycles. The molecule has 1 aliphatic carbocycles. The van der Waals surface area contributed by atoms with Crippen LogP contribution >= 0.6 is 0 Å². The lowest BCUT2D eigenvalue weighted by atomic mass is 9.79. The predicted molar refractivity (Wildman–Crippen MR) is 70.4 cm³/mol. The van der Waals surface area contributed by atoms with Crippen molar-refractivity contribution in [2.24, 2.45) is 0 Å². The normalized spacial score (nSPS) is 18.5. The summed E-state index contributed by atoms with van der Waals surface area (Å²) >= 11 is 0. The zero-order valence-electron chi connectivity index (χ0n) is 11.0. The molecule has 0 saturated heterocycles. The molecule has 2 rings (SSSR count). The predicted octanol–water partition coefficient (Wildman–Crippen LogP) is 2.93. The Morgan fingerprint density at radius 3 is 2.56 bits per heavy atom. The number of carbonyl (C=O) groups is 1. The molecule has 0 amide bonds. The van der Waals surface area contributed by atoms with Gasteiger partial charge in [-0.2, -0.15) is 0 Å².